The molecular weight excluding hydrogens is 664 g/mol. The Hall–Kier alpha value is -4.44. The summed E-state index contributed by atoms with van der Waals surface area (Å²) in [5.74, 6) is -4.43. The summed E-state index contributed by atoms with van der Waals surface area (Å²) in [5.41, 5.74) is 0.242. The minimum Gasteiger partial charge on any atom is -0.571 e. The van der Waals surface area contributed by atoms with Crippen molar-refractivity contribution in [3.8, 4) is 28.7 Å². The van der Waals surface area contributed by atoms with Crippen molar-refractivity contribution in [1.82, 2.24) is 0 Å². The number of carbonyl (C=O) groups is 2. The van der Waals surface area contributed by atoms with E-state index >= 15 is 0 Å². The lowest BCUT2D eigenvalue weighted by atomic mass is 9.98. The van der Waals surface area contributed by atoms with Crippen LogP contribution in [0.3, 0.4) is 0 Å². The molecule has 11 atom stereocenters. The third-order valence-corrected chi connectivity index (χ3v) is 7.96. The lowest BCUT2D eigenvalue weighted by molar-refractivity contribution is -0.296. The molecule has 0 spiro atoms. The Bertz CT molecular complexity index is 1560. The molecule has 19 nitrogen and oxygen atoms in total. The van der Waals surface area contributed by atoms with Crippen LogP contribution in [0.1, 0.15) is 23.7 Å². The lowest BCUT2D eigenvalue weighted by Gasteiger charge is -2.41. The third kappa shape index (κ3) is 7.59. The van der Waals surface area contributed by atoms with Gasteiger partial charge in [-0.25, -0.2) is 0 Å². The first-order valence-electron chi connectivity index (χ1n) is 14.7. The fourth-order valence-corrected chi connectivity index (χ4v) is 5.34. The molecule has 2 saturated heterocycles. The first-order valence-corrected chi connectivity index (χ1v) is 14.7. The Kier molecular flexibility index (Phi) is 10.7. The van der Waals surface area contributed by atoms with E-state index in [9.17, 15) is 60.7 Å². The summed E-state index contributed by atoms with van der Waals surface area (Å²) in [6.45, 7) is -1.49. The number of carboxylic acids is 1. The average molecular weight is 700 g/mol. The number of carboxylic acid groups (broad SMARTS) is 1. The summed E-state index contributed by atoms with van der Waals surface area (Å²) >= 11 is 0. The summed E-state index contributed by atoms with van der Waals surface area (Å²) in [5, 5.41) is 112. The van der Waals surface area contributed by atoms with Crippen LogP contribution in [0.15, 0.2) is 36.1 Å². The molecule has 19 heteroatoms. The molecular formula is C30H35O19+. The van der Waals surface area contributed by atoms with Gasteiger partial charge in [-0.2, -0.15) is 0 Å². The fraction of sp³-hybridized carbons (Fsp3) is 0.467. The second-order valence-corrected chi connectivity index (χ2v) is 11.4. The Morgan fingerprint density at radius 2 is 1.41 bits per heavy atom. The molecule has 3 heterocycles. The normalized spacial score (nSPS) is 32.6. The predicted molar refractivity (Wildman–Crippen MR) is 156 cm³/mol. The predicted octanol–water partition coefficient (Wildman–Crippen LogP) is -2.84. The molecule has 0 radical (unpaired) electrons. The number of hydrogen-bond donors (Lipinski definition) is 11. The van der Waals surface area contributed by atoms with Gasteiger partial charge in [0.2, 0.25) is 12.6 Å². The number of ether oxygens (including phenoxy) is 6. The van der Waals surface area contributed by atoms with Gasteiger partial charge in [0.25, 0.3) is 11.9 Å². The van der Waals surface area contributed by atoms with E-state index in [-0.39, 0.29) is 28.4 Å². The van der Waals surface area contributed by atoms with Crippen LogP contribution in [0.5, 0.6) is 28.7 Å². The Balaban J connectivity index is 1.49. The smallest absolute Gasteiger partial charge is 0.317 e. The van der Waals surface area contributed by atoms with Gasteiger partial charge in [-0.3, -0.25) is 9.59 Å². The van der Waals surface area contributed by atoms with E-state index in [1.54, 1.807) is 0 Å². The van der Waals surface area contributed by atoms with E-state index in [4.69, 9.17) is 28.8 Å². The van der Waals surface area contributed by atoms with E-state index in [2.05, 4.69) is 4.74 Å². The van der Waals surface area contributed by atoms with Gasteiger partial charge in [0.1, 0.15) is 78.9 Å². The van der Waals surface area contributed by atoms with Crippen LogP contribution in [-0.4, -0.2) is 147 Å². The van der Waals surface area contributed by atoms with Crippen LogP contribution in [0, 0.1) is 0 Å². The molecule has 49 heavy (non-hydrogen) atoms. The Morgan fingerprint density at radius 3 is 2.04 bits per heavy atom. The second kappa shape index (κ2) is 14.6. The molecule has 0 amide bonds. The topological polar surface area (TPSA) is 316 Å². The molecule has 5 rings (SSSR count). The summed E-state index contributed by atoms with van der Waals surface area (Å²) in [7, 11) is 0. The molecule has 1 unspecified atom stereocenters. The first kappa shape index (κ1) is 35.9. The fourth-order valence-electron chi connectivity index (χ4n) is 5.34. The number of fused-ring (bicyclic) bond motifs is 1. The monoisotopic (exact) mass is 699 g/mol. The van der Waals surface area contributed by atoms with Crippen molar-refractivity contribution in [2.75, 3.05) is 13.2 Å². The molecule has 0 saturated carbocycles. The molecule has 0 aliphatic carbocycles. The summed E-state index contributed by atoms with van der Waals surface area (Å²) < 4.78 is 32.1. The average Bonchev–Trinajstić information content (AvgIpc) is 3.05. The molecule has 268 valence electrons. The minimum atomic E-state index is -1.93. The molecule has 2 aromatic rings. The number of phenols is 3. The number of phenolic OH excluding ortho intramolecular Hbond substituents is 3. The van der Waals surface area contributed by atoms with Gasteiger partial charge >= 0.3 is 11.9 Å². The van der Waals surface area contributed by atoms with Crippen LogP contribution >= 0.6 is 0 Å². The van der Waals surface area contributed by atoms with Crippen molar-refractivity contribution < 1.29 is 94.2 Å². The molecule has 3 aliphatic rings. The van der Waals surface area contributed by atoms with Crippen molar-refractivity contribution in [3.05, 3.63) is 47.2 Å². The van der Waals surface area contributed by atoms with Gasteiger partial charge in [-0.1, -0.05) is 0 Å². The van der Waals surface area contributed by atoms with Crippen LogP contribution in [-0.2, 0) is 28.5 Å². The molecule has 2 fully saturated rings. The second-order valence-electron chi connectivity index (χ2n) is 11.4. The SMILES string of the molecule is O=C(O)CC(=O)OC[C@H]1O[C@@H](OC2=Cc3c(O[C@@H]4O[C@@H](CO)[C@@H](O)[C@H](O)[C@@H]4O)cc(O)cc3[OH+]C2c2ccc(O)c(O)c2)[C@H](O)[C@H](O)[C@@H]1O. The number of aliphatic hydroxyl groups is 8. The maximum atomic E-state index is 11.8. The maximum absolute atomic E-state index is 11.8. The van der Waals surface area contributed by atoms with Gasteiger partial charge in [-0.15, -0.1) is 0 Å². The van der Waals surface area contributed by atoms with Crippen molar-refractivity contribution >= 4 is 18.0 Å². The Labute approximate surface area is 275 Å². The van der Waals surface area contributed by atoms with Gasteiger partial charge in [0.05, 0.1) is 18.2 Å². The number of aliphatic carboxylic acids is 1. The standard InChI is InChI=1S/C30H34O19/c31-8-18-22(38)24(40)26(42)29(48-18)46-16-5-11(32)4-15-12(16)6-17(28(45-15)10-1-2-13(33)14(34)3-10)47-30-27(43)25(41)23(39)19(49-30)9-44-21(37)7-20(35)36/h1-6,18-19,22-34,38-43H,7-9H2,(H,35,36)/p+1/t18-,19+,22+,23+,24-,25+,26-,27+,28?,29+,30+/m0/s1. The quantitative estimate of drug-likeness (QED) is 0.0515. The zero-order valence-corrected chi connectivity index (χ0v) is 25.2. The molecule has 3 aliphatic heterocycles. The number of aromatic hydroxyl groups is 4. The van der Waals surface area contributed by atoms with Gasteiger partial charge in [0.15, 0.2) is 17.3 Å². The van der Waals surface area contributed by atoms with Crippen molar-refractivity contribution in [2.24, 2.45) is 0 Å². The largest absolute Gasteiger partial charge is 0.571 e. The van der Waals surface area contributed by atoms with Crippen LogP contribution < -0.4 is 4.74 Å². The van der Waals surface area contributed by atoms with Crippen LogP contribution in [0.4, 0.5) is 0 Å². The third-order valence-electron chi connectivity index (χ3n) is 7.96. The summed E-state index contributed by atoms with van der Waals surface area (Å²) in [4.78, 5) is 22.6. The molecule has 12 N–H and O–H groups in total. The minimum absolute atomic E-state index is 0.0355. The number of rotatable bonds is 10. The number of carbonyl (C=O) groups excluding carboxylic acids is 1. The molecule has 0 aromatic heterocycles. The molecule has 2 aromatic carbocycles. The van der Waals surface area contributed by atoms with Crippen molar-refractivity contribution in [2.45, 2.75) is 73.9 Å². The molecule has 0 bridgehead atoms. The van der Waals surface area contributed by atoms with E-state index in [1.165, 1.54) is 18.2 Å². The van der Waals surface area contributed by atoms with E-state index in [0.717, 1.165) is 18.2 Å². The summed E-state index contributed by atoms with van der Waals surface area (Å²) in [6, 6.07) is 5.95. The van der Waals surface area contributed by atoms with Crippen molar-refractivity contribution in [3.63, 3.8) is 0 Å². The summed E-state index contributed by atoms with van der Waals surface area (Å²) in [6.07, 6.45) is -18.2. The highest BCUT2D eigenvalue weighted by Gasteiger charge is 2.48. The number of aliphatic hydroxyl groups excluding tert-OH is 7. The van der Waals surface area contributed by atoms with Gasteiger partial charge in [0, 0.05) is 12.1 Å². The highest BCUT2D eigenvalue weighted by atomic mass is 16.7. The van der Waals surface area contributed by atoms with Gasteiger partial charge in [-0.05, 0) is 18.2 Å². The highest BCUT2D eigenvalue weighted by Crippen LogP contribution is 2.47. The highest BCUT2D eigenvalue weighted by molar-refractivity contribution is 5.90. The van der Waals surface area contributed by atoms with Crippen molar-refractivity contribution in [1.29, 1.82) is 0 Å². The Morgan fingerprint density at radius 1 is 0.776 bits per heavy atom. The van der Waals surface area contributed by atoms with E-state index in [1.807, 2.05) is 0 Å². The zero-order valence-electron chi connectivity index (χ0n) is 25.2. The van der Waals surface area contributed by atoms with E-state index < -0.39 is 116 Å². The number of benzene rings is 2. The van der Waals surface area contributed by atoms with Gasteiger partial charge < -0.3 is 84.6 Å². The van der Waals surface area contributed by atoms with Crippen LogP contribution in [0.25, 0.3) is 6.08 Å². The lowest BCUT2D eigenvalue weighted by Crippen LogP contribution is -2.60. The first-order chi connectivity index (χ1) is 23.2. The maximum Gasteiger partial charge on any atom is 0.317 e. The number of hydrogen-bond acceptors (Lipinski definition) is 17. The zero-order chi connectivity index (χ0) is 35.7. The van der Waals surface area contributed by atoms with Crippen LogP contribution in [0.2, 0.25) is 0 Å². The van der Waals surface area contributed by atoms with E-state index in [0.29, 0.717) is 0 Å². The number of esters is 1.